The lowest BCUT2D eigenvalue weighted by atomic mass is 10.0. The van der Waals surface area contributed by atoms with Gasteiger partial charge in [-0.2, -0.15) is 0 Å². The second kappa shape index (κ2) is 6.07. The molecule has 0 aromatic heterocycles. The monoisotopic (exact) mass is 310 g/mol. The van der Waals surface area contributed by atoms with Gasteiger partial charge in [0.25, 0.3) is 0 Å². The summed E-state index contributed by atoms with van der Waals surface area (Å²) in [5, 5.41) is 3.62. The van der Waals surface area contributed by atoms with Crippen molar-refractivity contribution in [3.05, 3.63) is 28.2 Å². The topological polar surface area (TPSA) is 15.3 Å². The molecule has 0 bridgehead atoms. The molecule has 1 N–H and O–H groups in total. The zero-order valence-electron chi connectivity index (χ0n) is 11.5. The molecule has 1 saturated heterocycles. The molecule has 0 amide bonds. The van der Waals surface area contributed by atoms with Crippen molar-refractivity contribution in [2.75, 3.05) is 18.0 Å². The van der Waals surface area contributed by atoms with Crippen molar-refractivity contribution in [3.63, 3.8) is 0 Å². The normalized spacial score (nSPS) is 24.3. The number of halogens is 1. The molecule has 0 saturated carbocycles. The minimum atomic E-state index is 0.569. The Morgan fingerprint density at radius 2 is 2.17 bits per heavy atom. The molecule has 1 aromatic carbocycles. The van der Waals surface area contributed by atoms with Crippen molar-refractivity contribution < 1.29 is 0 Å². The molecular formula is C15H23BrN2. The maximum Gasteiger partial charge on any atom is 0.0402 e. The number of benzene rings is 1. The Morgan fingerprint density at radius 3 is 2.83 bits per heavy atom. The lowest BCUT2D eigenvalue weighted by molar-refractivity contribution is 0.397. The number of piperazine rings is 1. The van der Waals surface area contributed by atoms with Crippen LogP contribution in [0.5, 0.6) is 0 Å². The van der Waals surface area contributed by atoms with Gasteiger partial charge in [0.1, 0.15) is 0 Å². The third-order valence-electron chi connectivity index (χ3n) is 3.88. The number of anilines is 1. The Hall–Kier alpha value is -0.540. The number of nitrogens with zero attached hydrogens (tertiary/aromatic N) is 1. The highest BCUT2D eigenvalue weighted by atomic mass is 79.9. The fourth-order valence-corrected chi connectivity index (χ4v) is 3.06. The highest BCUT2D eigenvalue weighted by molar-refractivity contribution is 9.10. The summed E-state index contributed by atoms with van der Waals surface area (Å²) in [6, 6.07) is 7.86. The van der Waals surface area contributed by atoms with Gasteiger partial charge in [-0.05, 0) is 43.5 Å². The standard InChI is InChI=1S/C15H23BrN2/c1-4-12-8-13(16)6-7-15(12)18-10-14(5-2)17-9-11(18)3/h6-8,11,14,17H,4-5,9-10H2,1-3H3. The fourth-order valence-electron chi connectivity index (χ4n) is 2.66. The first-order valence-corrected chi connectivity index (χ1v) is 7.73. The molecule has 1 aliphatic heterocycles. The summed E-state index contributed by atoms with van der Waals surface area (Å²) < 4.78 is 1.18. The number of rotatable bonds is 3. The highest BCUT2D eigenvalue weighted by Crippen LogP contribution is 2.28. The van der Waals surface area contributed by atoms with E-state index >= 15 is 0 Å². The molecule has 100 valence electrons. The van der Waals surface area contributed by atoms with Crippen LogP contribution in [0.3, 0.4) is 0 Å². The van der Waals surface area contributed by atoms with Gasteiger partial charge >= 0.3 is 0 Å². The molecule has 1 aromatic rings. The van der Waals surface area contributed by atoms with E-state index in [1.807, 2.05) is 0 Å². The van der Waals surface area contributed by atoms with Gasteiger partial charge in [0.15, 0.2) is 0 Å². The lowest BCUT2D eigenvalue weighted by Crippen LogP contribution is -2.55. The number of aryl methyl sites for hydroxylation is 1. The molecule has 0 spiro atoms. The molecule has 1 heterocycles. The van der Waals surface area contributed by atoms with Gasteiger partial charge in [0, 0.05) is 35.3 Å². The minimum absolute atomic E-state index is 0.569. The minimum Gasteiger partial charge on any atom is -0.366 e. The maximum atomic E-state index is 3.62. The van der Waals surface area contributed by atoms with E-state index in [2.05, 4.69) is 65.1 Å². The van der Waals surface area contributed by atoms with Crippen LogP contribution in [0.4, 0.5) is 5.69 Å². The molecule has 18 heavy (non-hydrogen) atoms. The van der Waals surface area contributed by atoms with Crippen LogP contribution < -0.4 is 10.2 Å². The van der Waals surface area contributed by atoms with Crippen LogP contribution in [-0.4, -0.2) is 25.2 Å². The molecule has 2 unspecified atom stereocenters. The van der Waals surface area contributed by atoms with Gasteiger partial charge < -0.3 is 10.2 Å². The lowest BCUT2D eigenvalue weighted by Gasteiger charge is -2.41. The van der Waals surface area contributed by atoms with Crippen molar-refractivity contribution in [3.8, 4) is 0 Å². The first-order valence-electron chi connectivity index (χ1n) is 6.94. The summed E-state index contributed by atoms with van der Waals surface area (Å²) in [4.78, 5) is 2.57. The molecule has 2 rings (SSSR count). The second-order valence-electron chi connectivity index (χ2n) is 5.14. The Bertz CT molecular complexity index is 405. The largest absolute Gasteiger partial charge is 0.366 e. The maximum absolute atomic E-state index is 3.62. The van der Waals surface area contributed by atoms with E-state index in [-0.39, 0.29) is 0 Å². The van der Waals surface area contributed by atoms with Crippen LogP contribution >= 0.6 is 15.9 Å². The van der Waals surface area contributed by atoms with E-state index in [4.69, 9.17) is 0 Å². The molecular weight excluding hydrogens is 288 g/mol. The van der Waals surface area contributed by atoms with Crippen molar-refractivity contribution >= 4 is 21.6 Å². The summed E-state index contributed by atoms with van der Waals surface area (Å²) in [7, 11) is 0. The molecule has 2 nitrogen and oxygen atoms in total. The van der Waals surface area contributed by atoms with Crippen LogP contribution in [0.1, 0.15) is 32.8 Å². The van der Waals surface area contributed by atoms with Crippen LogP contribution in [0, 0.1) is 0 Å². The molecule has 0 aliphatic carbocycles. The third kappa shape index (κ3) is 2.89. The SMILES string of the molecule is CCc1cc(Br)ccc1N1CC(CC)NCC1C. The first-order chi connectivity index (χ1) is 8.65. The van der Waals surface area contributed by atoms with Crippen molar-refractivity contribution in [1.29, 1.82) is 0 Å². The van der Waals surface area contributed by atoms with Gasteiger partial charge in [0.2, 0.25) is 0 Å². The fraction of sp³-hybridized carbons (Fsp3) is 0.600. The predicted octanol–water partition coefficient (Wildman–Crippen LogP) is 3.59. The third-order valence-corrected chi connectivity index (χ3v) is 4.37. The molecule has 2 atom stereocenters. The summed E-state index contributed by atoms with van der Waals surface area (Å²) in [5.74, 6) is 0. The van der Waals surface area contributed by atoms with E-state index in [9.17, 15) is 0 Å². The van der Waals surface area contributed by atoms with Crippen molar-refractivity contribution in [2.45, 2.75) is 45.7 Å². The van der Waals surface area contributed by atoms with Crippen LogP contribution in [0.15, 0.2) is 22.7 Å². The Kier molecular flexibility index (Phi) is 4.68. The zero-order chi connectivity index (χ0) is 13.1. The van der Waals surface area contributed by atoms with E-state index < -0.39 is 0 Å². The molecule has 0 radical (unpaired) electrons. The van der Waals surface area contributed by atoms with Crippen LogP contribution in [0.2, 0.25) is 0 Å². The van der Waals surface area contributed by atoms with Crippen LogP contribution in [0.25, 0.3) is 0 Å². The van der Waals surface area contributed by atoms with E-state index in [0.717, 1.165) is 19.5 Å². The van der Waals surface area contributed by atoms with E-state index in [1.54, 1.807) is 0 Å². The quantitative estimate of drug-likeness (QED) is 0.918. The van der Waals surface area contributed by atoms with Gasteiger partial charge in [-0.3, -0.25) is 0 Å². The summed E-state index contributed by atoms with van der Waals surface area (Å²) in [6.07, 6.45) is 2.28. The predicted molar refractivity (Wildman–Crippen MR) is 82.4 cm³/mol. The smallest absolute Gasteiger partial charge is 0.0402 e. The van der Waals surface area contributed by atoms with Gasteiger partial charge in [-0.25, -0.2) is 0 Å². The highest BCUT2D eigenvalue weighted by Gasteiger charge is 2.25. The van der Waals surface area contributed by atoms with Gasteiger partial charge in [-0.1, -0.05) is 29.8 Å². The second-order valence-corrected chi connectivity index (χ2v) is 6.06. The average Bonchev–Trinajstić information content (AvgIpc) is 2.39. The summed E-state index contributed by atoms with van der Waals surface area (Å²) in [5.41, 5.74) is 2.85. The zero-order valence-corrected chi connectivity index (χ0v) is 13.1. The summed E-state index contributed by atoms with van der Waals surface area (Å²) in [6.45, 7) is 8.99. The number of nitrogens with one attached hydrogen (secondary N) is 1. The Balaban J connectivity index is 2.28. The van der Waals surface area contributed by atoms with E-state index in [0.29, 0.717) is 12.1 Å². The van der Waals surface area contributed by atoms with Gasteiger partial charge in [-0.15, -0.1) is 0 Å². The Labute approximate surface area is 119 Å². The van der Waals surface area contributed by atoms with Crippen LogP contribution in [-0.2, 0) is 6.42 Å². The van der Waals surface area contributed by atoms with Crippen molar-refractivity contribution in [2.24, 2.45) is 0 Å². The Morgan fingerprint density at radius 1 is 1.39 bits per heavy atom. The number of hydrogen-bond donors (Lipinski definition) is 1. The molecule has 1 fully saturated rings. The average molecular weight is 311 g/mol. The van der Waals surface area contributed by atoms with Gasteiger partial charge in [0.05, 0.1) is 0 Å². The van der Waals surface area contributed by atoms with Crippen molar-refractivity contribution in [1.82, 2.24) is 5.32 Å². The molecule has 3 heteroatoms. The number of hydrogen-bond acceptors (Lipinski definition) is 2. The molecule has 1 aliphatic rings. The van der Waals surface area contributed by atoms with E-state index in [1.165, 1.54) is 22.1 Å². The first kappa shape index (κ1) is 13.9. The summed E-state index contributed by atoms with van der Waals surface area (Å²) >= 11 is 3.57.